The molecule has 0 saturated carbocycles. The van der Waals surface area contributed by atoms with E-state index >= 15 is 0 Å². The highest BCUT2D eigenvalue weighted by molar-refractivity contribution is 6.69. The van der Waals surface area contributed by atoms with Gasteiger partial charge in [-0.3, -0.25) is 0 Å². The van der Waals surface area contributed by atoms with Gasteiger partial charge in [0.05, 0.1) is 0 Å². The van der Waals surface area contributed by atoms with Crippen molar-refractivity contribution >= 4 is 8.80 Å². The lowest BCUT2D eigenvalue weighted by Gasteiger charge is -2.32. The van der Waals surface area contributed by atoms with Crippen molar-refractivity contribution in [3.05, 3.63) is 22.9 Å². The summed E-state index contributed by atoms with van der Waals surface area (Å²) in [6.07, 6.45) is 5.32. The third kappa shape index (κ3) is 2.45. The fraction of sp³-hybridized carbons (Fsp3) is 0.667. The summed E-state index contributed by atoms with van der Waals surface area (Å²) in [5.41, 5.74) is 1.51. The Kier molecular flexibility index (Phi) is 4.12. The van der Waals surface area contributed by atoms with Crippen LogP contribution in [0.15, 0.2) is 22.9 Å². The molecule has 0 aromatic heterocycles. The Morgan fingerprint density at radius 1 is 1.12 bits per heavy atom. The Balaban J connectivity index is 3.09. The van der Waals surface area contributed by atoms with Gasteiger partial charge in [-0.1, -0.05) is 31.6 Å². The fourth-order valence-electron chi connectivity index (χ4n) is 2.23. The maximum absolute atomic E-state index is 5.50. The molecule has 0 amide bonds. The second-order valence-electron chi connectivity index (χ2n) is 4.86. The van der Waals surface area contributed by atoms with E-state index in [4.69, 9.17) is 13.3 Å². The lowest BCUT2D eigenvalue weighted by molar-refractivity contribution is 0.135. The van der Waals surface area contributed by atoms with E-state index in [0.717, 1.165) is 11.6 Å². The minimum atomic E-state index is -2.65. The van der Waals surface area contributed by atoms with Gasteiger partial charge in [-0.05, 0) is 18.8 Å². The molecule has 0 N–H and O–H groups in total. The van der Waals surface area contributed by atoms with Crippen LogP contribution in [-0.4, -0.2) is 30.1 Å². The molecule has 0 radical (unpaired) electrons. The Morgan fingerprint density at radius 3 is 2.00 bits per heavy atom. The SMILES string of the molecule is CO[Si](OC)(OC)C1=C(C)CC(C)(C)C=C1. The van der Waals surface area contributed by atoms with Gasteiger partial charge in [0, 0.05) is 26.5 Å². The van der Waals surface area contributed by atoms with Gasteiger partial charge in [0.1, 0.15) is 0 Å². The molecule has 0 aromatic rings. The first-order valence-corrected chi connectivity index (χ1v) is 7.18. The zero-order valence-corrected chi connectivity index (χ0v) is 12.1. The third-order valence-electron chi connectivity index (χ3n) is 3.02. The highest BCUT2D eigenvalue weighted by Crippen LogP contribution is 2.36. The van der Waals surface area contributed by atoms with Crippen molar-refractivity contribution in [1.29, 1.82) is 0 Å². The summed E-state index contributed by atoms with van der Waals surface area (Å²) in [4.78, 5) is 0. The maximum Gasteiger partial charge on any atom is 0.536 e. The Morgan fingerprint density at radius 2 is 1.62 bits per heavy atom. The van der Waals surface area contributed by atoms with Crippen molar-refractivity contribution < 1.29 is 13.3 Å². The number of rotatable bonds is 4. The number of hydrogen-bond acceptors (Lipinski definition) is 3. The Bertz CT molecular complexity index is 306. The van der Waals surface area contributed by atoms with Crippen LogP contribution < -0.4 is 0 Å². The van der Waals surface area contributed by atoms with Crippen LogP contribution in [0.3, 0.4) is 0 Å². The van der Waals surface area contributed by atoms with Crippen molar-refractivity contribution in [2.75, 3.05) is 21.3 Å². The van der Waals surface area contributed by atoms with Crippen molar-refractivity contribution in [3.63, 3.8) is 0 Å². The van der Waals surface area contributed by atoms with Crippen LogP contribution in [-0.2, 0) is 13.3 Å². The molecule has 0 atom stereocenters. The largest absolute Gasteiger partial charge is 0.536 e. The minimum Gasteiger partial charge on any atom is -0.373 e. The van der Waals surface area contributed by atoms with Crippen LogP contribution in [0.2, 0.25) is 0 Å². The zero-order valence-electron chi connectivity index (χ0n) is 11.1. The molecule has 0 heterocycles. The molecule has 3 nitrogen and oxygen atoms in total. The molecular formula is C12H22O3Si. The summed E-state index contributed by atoms with van der Waals surface area (Å²) < 4.78 is 16.5. The maximum atomic E-state index is 5.50. The lowest BCUT2D eigenvalue weighted by atomic mass is 9.82. The van der Waals surface area contributed by atoms with Gasteiger partial charge in [-0.2, -0.15) is 0 Å². The Hall–Kier alpha value is -0.423. The predicted octanol–water partition coefficient (Wildman–Crippen LogP) is 2.71. The molecule has 16 heavy (non-hydrogen) atoms. The molecule has 0 unspecified atom stereocenters. The van der Waals surface area contributed by atoms with Gasteiger partial charge in [0.2, 0.25) is 0 Å². The quantitative estimate of drug-likeness (QED) is 0.709. The molecule has 1 aliphatic rings. The summed E-state index contributed by atoms with van der Waals surface area (Å²) in [5.74, 6) is 0. The smallest absolute Gasteiger partial charge is 0.373 e. The van der Waals surface area contributed by atoms with Crippen molar-refractivity contribution in [1.82, 2.24) is 0 Å². The van der Waals surface area contributed by atoms with Crippen LogP contribution in [0.5, 0.6) is 0 Å². The van der Waals surface area contributed by atoms with E-state index in [1.807, 2.05) is 0 Å². The first-order chi connectivity index (χ1) is 7.40. The summed E-state index contributed by atoms with van der Waals surface area (Å²) in [5, 5.41) is 1.10. The second kappa shape index (κ2) is 4.83. The van der Waals surface area contributed by atoms with Gasteiger partial charge in [0.25, 0.3) is 0 Å². The molecule has 0 fully saturated rings. The highest BCUT2D eigenvalue weighted by atomic mass is 28.4. The van der Waals surface area contributed by atoms with E-state index in [1.165, 1.54) is 5.57 Å². The molecular weight excluding hydrogens is 220 g/mol. The first-order valence-electron chi connectivity index (χ1n) is 5.45. The Labute approximate surface area is 99.5 Å². The molecule has 0 aliphatic heterocycles. The summed E-state index contributed by atoms with van der Waals surface area (Å²) in [6.45, 7) is 6.57. The van der Waals surface area contributed by atoms with Gasteiger partial charge in [-0.25, -0.2) is 0 Å². The second-order valence-corrected chi connectivity index (χ2v) is 7.74. The average Bonchev–Trinajstić information content (AvgIpc) is 2.22. The standard InChI is InChI=1S/C12H22O3Si/c1-10-9-12(2,3)8-7-11(10)16(13-4,14-5)15-6/h7-8H,9H2,1-6H3. The van der Waals surface area contributed by atoms with E-state index in [0.29, 0.717) is 0 Å². The highest BCUT2D eigenvalue weighted by Gasteiger charge is 2.44. The number of allylic oxidation sites excluding steroid dienone is 4. The molecule has 1 rings (SSSR count). The van der Waals surface area contributed by atoms with E-state index in [-0.39, 0.29) is 5.41 Å². The third-order valence-corrected chi connectivity index (χ3v) is 5.88. The van der Waals surface area contributed by atoms with Crippen LogP contribution in [0, 0.1) is 5.41 Å². The van der Waals surface area contributed by atoms with Gasteiger partial charge < -0.3 is 13.3 Å². The van der Waals surface area contributed by atoms with E-state index in [1.54, 1.807) is 21.3 Å². The van der Waals surface area contributed by atoms with Crippen LogP contribution >= 0.6 is 0 Å². The molecule has 0 spiro atoms. The van der Waals surface area contributed by atoms with Gasteiger partial charge in [0.15, 0.2) is 0 Å². The van der Waals surface area contributed by atoms with Crippen molar-refractivity contribution in [2.24, 2.45) is 5.41 Å². The molecule has 0 aromatic carbocycles. The van der Waals surface area contributed by atoms with Gasteiger partial charge >= 0.3 is 8.80 Å². The summed E-state index contributed by atoms with van der Waals surface area (Å²) >= 11 is 0. The lowest BCUT2D eigenvalue weighted by Crippen LogP contribution is -2.46. The fourth-order valence-corrected chi connectivity index (χ4v) is 4.29. The van der Waals surface area contributed by atoms with E-state index < -0.39 is 8.80 Å². The normalized spacial score (nSPS) is 20.4. The zero-order chi connectivity index (χ0) is 12.4. The average molecular weight is 242 g/mol. The van der Waals surface area contributed by atoms with Crippen LogP contribution in [0.25, 0.3) is 0 Å². The van der Waals surface area contributed by atoms with E-state index in [9.17, 15) is 0 Å². The monoisotopic (exact) mass is 242 g/mol. The minimum absolute atomic E-state index is 0.211. The molecule has 0 bridgehead atoms. The molecule has 0 saturated heterocycles. The number of hydrogen-bond donors (Lipinski definition) is 0. The van der Waals surface area contributed by atoms with Gasteiger partial charge in [-0.15, -0.1) is 0 Å². The van der Waals surface area contributed by atoms with E-state index in [2.05, 4.69) is 32.9 Å². The topological polar surface area (TPSA) is 27.7 Å². The summed E-state index contributed by atoms with van der Waals surface area (Å²) in [7, 11) is 2.29. The molecule has 92 valence electrons. The summed E-state index contributed by atoms with van der Waals surface area (Å²) in [6, 6.07) is 0. The first kappa shape index (κ1) is 13.6. The molecule has 4 heteroatoms. The molecule has 1 aliphatic carbocycles. The van der Waals surface area contributed by atoms with Crippen LogP contribution in [0.1, 0.15) is 27.2 Å². The predicted molar refractivity (Wildman–Crippen MR) is 67.0 cm³/mol. The van der Waals surface area contributed by atoms with Crippen molar-refractivity contribution in [2.45, 2.75) is 27.2 Å². The van der Waals surface area contributed by atoms with Crippen molar-refractivity contribution in [3.8, 4) is 0 Å². The van der Waals surface area contributed by atoms with Crippen LogP contribution in [0.4, 0.5) is 0 Å².